The SMILES string of the molecule is CCCN(CCO)C(=O)NCc1ccc(C(C)(C)C)cc1. The molecule has 0 saturated carbocycles. The monoisotopic (exact) mass is 292 g/mol. The Bertz CT molecular complexity index is 429. The average molecular weight is 292 g/mol. The number of carbonyl (C=O) groups excluding carboxylic acids is 1. The van der Waals surface area contributed by atoms with Gasteiger partial charge in [-0.15, -0.1) is 0 Å². The quantitative estimate of drug-likeness (QED) is 0.847. The van der Waals surface area contributed by atoms with Crippen LogP contribution >= 0.6 is 0 Å². The van der Waals surface area contributed by atoms with Gasteiger partial charge >= 0.3 is 6.03 Å². The second-order valence-corrected chi connectivity index (χ2v) is 6.32. The molecule has 2 amide bonds. The van der Waals surface area contributed by atoms with E-state index in [2.05, 4.69) is 50.4 Å². The van der Waals surface area contributed by atoms with Crippen molar-refractivity contribution in [2.24, 2.45) is 0 Å². The van der Waals surface area contributed by atoms with E-state index in [0.717, 1.165) is 12.0 Å². The normalized spacial score (nSPS) is 11.3. The van der Waals surface area contributed by atoms with Gasteiger partial charge in [-0.2, -0.15) is 0 Å². The molecule has 4 nitrogen and oxygen atoms in total. The van der Waals surface area contributed by atoms with Crippen LogP contribution in [0.3, 0.4) is 0 Å². The molecule has 1 aromatic rings. The van der Waals surface area contributed by atoms with Gasteiger partial charge in [0.2, 0.25) is 0 Å². The molecule has 0 aliphatic carbocycles. The number of rotatable bonds is 6. The highest BCUT2D eigenvalue weighted by Gasteiger charge is 2.14. The minimum atomic E-state index is -0.120. The van der Waals surface area contributed by atoms with Gasteiger partial charge in [-0.25, -0.2) is 4.79 Å². The van der Waals surface area contributed by atoms with E-state index in [1.54, 1.807) is 4.90 Å². The molecule has 0 spiro atoms. The van der Waals surface area contributed by atoms with Crippen molar-refractivity contribution in [1.29, 1.82) is 0 Å². The third-order valence-corrected chi connectivity index (χ3v) is 3.41. The lowest BCUT2D eigenvalue weighted by atomic mass is 9.87. The number of amides is 2. The summed E-state index contributed by atoms with van der Waals surface area (Å²) in [7, 11) is 0. The molecule has 21 heavy (non-hydrogen) atoms. The van der Waals surface area contributed by atoms with E-state index < -0.39 is 0 Å². The van der Waals surface area contributed by atoms with Crippen LogP contribution in [0.15, 0.2) is 24.3 Å². The molecule has 1 aromatic carbocycles. The van der Waals surface area contributed by atoms with Crippen molar-refractivity contribution in [1.82, 2.24) is 10.2 Å². The van der Waals surface area contributed by atoms with E-state index in [1.807, 2.05) is 6.92 Å². The van der Waals surface area contributed by atoms with Crippen LogP contribution in [0, 0.1) is 0 Å². The maximum absolute atomic E-state index is 12.0. The molecule has 0 unspecified atom stereocenters. The van der Waals surface area contributed by atoms with Crippen molar-refractivity contribution in [2.75, 3.05) is 19.7 Å². The highest BCUT2D eigenvalue weighted by Crippen LogP contribution is 2.22. The zero-order valence-corrected chi connectivity index (χ0v) is 13.6. The van der Waals surface area contributed by atoms with Crippen molar-refractivity contribution >= 4 is 6.03 Å². The molecule has 2 N–H and O–H groups in total. The number of benzene rings is 1. The summed E-state index contributed by atoms with van der Waals surface area (Å²) in [5.41, 5.74) is 2.50. The Morgan fingerprint density at radius 1 is 1.19 bits per heavy atom. The first-order chi connectivity index (χ1) is 9.88. The molecule has 0 radical (unpaired) electrons. The number of nitrogens with one attached hydrogen (secondary N) is 1. The molecule has 0 heterocycles. The lowest BCUT2D eigenvalue weighted by molar-refractivity contribution is 0.177. The fourth-order valence-corrected chi connectivity index (χ4v) is 2.12. The van der Waals surface area contributed by atoms with E-state index in [9.17, 15) is 4.79 Å². The Morgan fingerprint density at radius 3 is 2.29 bits per heavy atom. The minimum Gasteiger partial charge on any atom is -0.395 e. The molecule has 0 saturated heterocycles. The second-order valence-electron chi connectivity index (χ2n) is 6.32. The zero-order valence-electron chi connectivity index (χ0n) is 13.6. The minimum absolute atomic E-state index is 0.00625. The summed E-state index contributed by atoms with van der Waals surface area (Å²) in [6.07, 6.45) is 0.883. The standard InChI is InChI=1S/C17H28N2O2/c1-5-10-19(11-12-20)16(21)18-13-14-6-8-15(9-7-14)17(2,3)4/h6-9,20H,5,10-13H2,1-4H3,(H,18,21). The van der Waals surface area contributed by atoms with Gasteiger partial charge in [0.25, 0.3) is 0 Å². The third-order valence-electron chi connectivity index (χ3n) is 3.41. The molecule has 0 bridgehead atoms. The fourth-order valence-electron chi connectivity index (χ4n) is 2.12. The summed E-state index contributed by atoms with van der Waals surface area (Å²) in [6, 6.07) is 8.21. The van der Waals surface area contributed by atoms with E-state index in [-0.39, 0.29) is 18.1 Å². The average Bonchev–Trinajstić information content (AvgIpc) is 2.44. The van der Waals surface area contributed by atoms with Crippen LogP contribution in [0.25, 0.3) is 0 Å². The topological polar surface area (TPSA) is 52.6 Å². The highest BCUT2D eigenvalue weighted by molar-refractivity contribution is 5.74. The van der Waals surface area contributed by atoms with E-state index in [0.29, 0.717) is 19.6 Å². The Morgan fingerprint density at radius 2 is 1.81 bits per heavy atom. The van der Waals surface area contributed by atoms with Gasteiger partial charge < -0.3 is 15.3 Å². The first-order valence-electron chi connectivity index (χ1n) is 7.61. The molecule has 118 valence electrons. The number of hydrogen-bond donors (Lipinski definition) is 2. The van der Waals surface area contributed by atoms with Crippen LogP contribution in [0.4, 0.5) is 4.79 Å². The van der Waals surface area contributed by atoms with Crippen LogP contribution in [0.2, 0.25) is 0 Å². The zero-order chi connectivity index (χ0) is 15.9. The third kappa shape index (κ3) is 5.76. The summed E-state index contributed by atoms with van der Waals surface area (Å²) in [4.78, 5) is 13.7. The van der Waals surface area contributed by atoms with Crippen molar-refractivity contribution in [3.63, 3.8) is 0 Å². The van der Waals surface area contributed by atoms with Crippen molar-refractivity contribution < 1.29 is 9.90 Å². The molecular weight excluding hydrogens is 264 g/mol. The maximum atomic E-state index is 12.0. The van der Waals surface area contributed by atoms with E-state index in [1.165, 1.54) is 5.56 Å². The lowest BCUT2D eigenvalue weighted by Gasteiger charge is -2.22. The van der Waals surface area contributed by atoms with Gasteiger partial charge in [0.15, 0.2) is 0 Å². The van der Waals surface area contributed by atoms with Crippen LogP contribution in [-0.4, -0.2) is 35.7 Å². The van der Waals surface area contributed by atoms with E-state index in [4.69, 9.17) is 5.11 Å². The number of carbonyl (C=O) groups is 1. The van der Waals surface area contributed by atoms with Crippen LogP contribution in [0.1, 0.15) is 45.2 Å². The van der Waals surface area contributed by atoms with Gasteiger partial charge in [-0.05, 0) is 23.0 Å². The van der Waals surface area contributed by atoms with Gasteiger partial charge in [-0.1, -0.05) is 52.0 Å². The Hall–Kier alpha value is -1.55. The molecular formula is C17H28N2O2. The Labute approximate surface area is 128 Å². The summed E-state index contributed by atoms with van der Waals surface area (Å²) in [5.74, 6) is 0. The Balaban J connectivity index is 2.56. The largest absolute Gasteiger partial charge is 0.395 e. The van der Waals surface area contributed by atoms with Crippen molar-refractivity contribution in [3.8, 4) is 0 Å². The van der Waals surface area contributed by atoms with E-state index >= 15 is 0 Å². The van der Waals surface area contributed by atoms with Crippen molar-refractivity contribution in [2.45, 2.75) is 46.1 Å². The lowest BCUT2D eigenvalue weighted by Crippen LogP contribution is -2.41. The molecule has 0 aliphatic heterocycles. The molecule has 4 heteroatoms. The van der Waals surface area contributed by atoms with Gasteiger partial charge in [0.05, 0.1) is 6.61 Å². The summed E-state index contributed by atoms with van der Waals surface area (Å²) < 4.78 is 0. The Kier molecular flexibility index (Phi) is 6.69. The van der Waals surface area contributed by atoms with Crippen LogP contribution in [0.5, 0.6) is 0 Å². The summed E-state index contributed by atoms with van der Waals surface area (Å²) in [6.45, 7) is 10.1. The number of aliphatic hydroxyl groups is 1. The first kappa shape index (κ1) is 17.5. The van der Waals surface area contributed by atoms with Gasteiger partial charge in [-0.3, -0.25) is 0 Å². The second kappa shape index (κ2) is 8.03. The fraction of sp³-hybridized carbons (Fsp3) is 0.588. The van der Waals surface area contributed by atoms with Crippen LogP contribution in [-0.2, 0) is 12.0 Å². The molecule has 0 atom stereocenters. The van der Waals surface area contributed by atoms with Gasteiger partial charge in [0, 0.05) is 19.6 Å². The van der Waals surface area contributed by atoms with Crippen LogP contribution < -0.4 is 5.32 Å². The molecule has 0 aromatic heterocycles. The first-order valence-corrected chi connectivity index (χ1v) is 7.61. The molecule has 1 rings (SSSR count). The number of aliphatic hydroxyl groups excluding tert-OH is 1. The number of urea groups is 1. The molecule has 0 fully saturated rings. The predicted octanol–water partition coefficient (Wildman–Crippen LogP) is 2.90. The smallest absolute Gasteiger partial charge is 0.317 e. The van der Waals surface area contributed by atoms with Gasteiger partial charge in [0.1, 0.15) is 0 Å². The number of nitrogens with zero attached hydrogens (tertiary/aromatic N) is 1. The number of hydrogen-bond acceptors (Lipinski definition) is 2. The summed E-state index contributed by atoms with van der Waals surface area (Å²) >= 11 is 0. The highest BCUT2D eigenvalue weighted by atomic mass is 16.3. The summed E-state index contributed by atoms with van der Waals surface area (Å²) in [5, 5.41) is 11.9. The maximum Gasteiger partial charge on any atom is 0.317 e. The molecule has 0 aliphatic rings. The van der Waals surface area contributed by atoms with Crippen molar-refractivity contribution in [3.05, 3.63) is 35.4 Å². The predicted molar refractivity (Wildman–Crippen MR) is 86.3 cm³/mol.